The molecule has 2 rings (SSSR count). The predicted molar refractivity (Wildman–Crippen MR) is 47.1 cm³/mol. The van der Waals surface area contributed by atoms with Crippen LogP contribution in [0.3, 0.4) is 0 Å². The van der Waals surface area contributed by atoms with Crippen molar-refractivity contribution < 1.29 is 15.0 Å². The van der Waals surface area contributed by atoms with Gasteiger partial charge in [-0.1, -0.05) is 11.6 Å². The van der Waals surface area contributed by atoms with E-state index in [1.54, 1.807) is 0 Å². The number of carbonyl (C=O) groups is 1. The lowest BCUT2D eigenvalue weighted by molar-refractivity contribution is -0.131. The monoisotopic (exact) mass is 180 g/mol. The van der Waals surface area contributed by atoms with Crippen LogP contribution in [0.1, 0.15) is 12.8 Å². The number of rotatable bonds is 2. The van der Waals surface area contributed by atoms with Crippen LogP contribution in [0.25, 0.3) is 0 Å². The van der Waals surface area contributed by atoms with Crippen LogP contribution in [-0.4, -0.2) is 22.8 Å². The van der Waals surface area contributed by atoms with E-state index in [-0.39, 0.29) is 6.61 Å². The molecular weight excluding hydrogens is 168 g/mol. The molecule has 13 heavy (non-hydrogen) atoms. The van der Waals surface area contributed by atoms with E-state index in [2.05, 4.69) is 0 Å². The molecular formula is C10H12O3. The summed E-state index contributed by atoms with van der Waals surface area (Å²) >= 11 is 0. The molecule has 3 nitrogen and oxygen atoms in total. The maximum atomic E-state index is 10.4. The maximum absolute atomic E-state index is 10.4. The Hall–Kier alpha value is -1.09. The molecule has 2 N–H and O–H groups in total. The Balaban J connectivity index is 2.09. The minimum atomic E-state index is -0.862. The van der Waals surface area contributed by atoms with E-state index < -0.39 is 5.97 Å². The molecule has 0 aromatic carbocycles. The first kappa shape index (κ1) is 8.51. The third-order valence-electron chi connectivity index (χ3n) is 2.89. The molecule has 0 radical (unpaired) electrons. The van der Waals surface area contributed by atoms with Crippen LogP contribution in [-0.2, 0) is 4.79 Å². The second-order valence-electron chi connectivity index (χ2n) is 3.73. The van der Waals surface area contributed by atoms with Gasteiger partial charge in [0.1, 0.15) is 0 Å². The van der Waals surface area contributed by atoms with Gasteiger partial charge >= 0.3 is 5.97 Å². The summed E-state index contributed by atoms with van der Waals surface area (Å²) in [5.41, 5.74) is 2.06. The molecule has 0 heterocycles. The summed E-state index contributed by atoms with van der Waals surface area (Å²) in [6, 6.07) is 0. The molecule has 0 saturated heterocycles. The second-order valence-corrected chi connectivity index (χ2v) is 3.73. The third-order valence-corrected chi connectivity index (χ3v) is 2.89. The van der Waals surface area contributed by atoms with E-state index in [0.717, 1.165) is 24.0 Å². The first-order valence-corrected chi connectivity index (χ1v) is 4.44. The lowest BCUT2D eigenvalue weighted by Crippen LogP contribution is -2.24. The van der Waals surface area contributed by atoms with Crippen molar-refractivity contribution in [3.05, 3.63) is 23.3 Å². The SMILES string of the molecule is O=C(O)/C=C1/C[C@@H]2CC(CO)=C[C@H]12. The molecule has 1 saturated carbocycles. The van der Waals surface area contributed by atoms with E-state index in [9.17, 15) is 4.79 Å². The van der Waals surface area contributed by atoms with E-state index in [0.29, 0.717) is 11.8 Å². The normalized spacial score (nSPS) is 33.9. The van der Waals surface area contributed by atoms with E-state index in [4.69, 9.17) is 10.2 Å². The molecule has 0 aliphatic heterocycles. The van der Waals surface area contributed by atoms with Crippen LogP contribution in [0.5, 0.6) is 0 Å². The molecule has 2 atom stereocenters. The summed E-state index contributed by atoms with van der Waals surface area (Å²) in [4.78, 5) is 10.4. The number of fused-ring (bicyclic) bond motifs is 1. The number of aliphatic hydroxyl groups is 1. The van der Waals surface area contributed by atoms with Gasteiger partial charge in [0.05, 0.1) is 6.61 Å². The lowest BCUT2D eigenvalue weighted by Gasteiger charge is -2.33. The maximum Gasteiger partial charge on any atom is 0.328 e. The molecule has 0 bridgehead atoms. The van der Waals surface area contributed by atoms with Crippen molar-refractivity contribution >= 4 is 5.97 Å². The standard InChI is InChI=1S/C10H12O3/c11-5-6-1-7-3-8(4-10(12)13)9(7)2-6/h2,4,7,9,11H,1,3,5H2,(H,12,13)/b8-4-/t7-,9-/m0/s1. The molecule has 0 aromatic rings. The quantitative estimate of drug-likeness (QED) is 0.491. The zero-order valence-corrected chi connectivity index (χ0v) is 7.23. The minimum Gasteiger partial charge on any atom is -0.478 e. The van der Waals surface area contributed by atoms with Crippen LogP contribution in [0.4, 0.5) is 0 Å². The van der Waals surface area contributed by atoms with Crippen molar-refractivity contribution in [3.63, 3.8) is 0 Å². The fraction of sp³-hybridized carbons (Fsp3) is 0.500. The Morgan fingerprint density at radius 3 is 3.00 bits per heavy atom. The lowest BCUT2D eigenvalue weighted by atomic mass is 9.71. The van der Waals surface area contributed by atoms with Gasteiger partial charge in [0.25, 0.3) is 0 Å². The number of aliphatic hydroxyl groups excluding tert-OH is 1. The van der Waals surface area contributed by atoms with Crippen LogP contribution in [0.2, 0.25) is 0 Å². The summed E-state index contributed by atoms with van der Waals surface area (Å²) in [5, 5.41) is 17.4. The highest BCUT2D eigenvalue weighted by molar-refractivity contribution is 5.81. The largest absolute Gasteiger partial charge is 0.478 e. The molecule has 0 spiro atoms. The fourth-order valence-electron chi connectivity index (χ4n) is 2.24. The van der Waals surface area contributed by atoms with Gasteiger partial charge < -0.3 is 10.2 Å². The van der Waals surface area contributed by atoms with Gasteiger partial charge in [0.15, 0.2) is 0 Å². The van der Waals surface area contributed by atoms with Gasteiger partial charge in [-0.3, -0.25) is 0 Å². The van der Waals surface area contributed by atoms with Crippen molar-refractivity contribution in [3.8, 4) is 0 Å². The van der Waals surface area contributed by atoms with Crippen LogP contribution < -0.4 is 0 Å². The van der Waals surface area contributed by atoms with Gasteiger partial charge in [-0.05, 0) is 24.3 Å². The first-order chi connectivity index (χ1) is 6.20. The van der Waals surface area contributed by atoms with Crippen molar-refractivity contribution in [1.82, 2.24) is 0 Å². The Labute approximate surface area is 76.4 Å². The summed E-state index contributed by atoms with van der Waals surface area (Å²) in [5.74, 6) is 0.00491. The van der Waals surface area contributed by atoms with Crippen LogP contribution >= 0.6 is 0 Å². The molecule has 0 unspecified atom stereocenters. The average molecular weight is 180 g/mol. The van der Waals surface area contributed by atoms with Crippen LogP contribution in [0, 0.1) is 11.8 Å². The number of hydrogen-bond acceptors (Lipinski definition) is 2. The fourth-order valence-corrected chi connectivity index (χ4v) is 2.24. The minimum absolute atomic E-state index is 0.118. The highest BCUT2D eigenvalue weighted by Crippen LogP contribution is 2.49. The van der Waals surface area contributed by atoms with Crippen molar-refractivity contribution in [1.29, 1.82) is 0 Å². The smallest absolute Gasteiger partial charge is 0.328 e. The molecule has 2 aliphatic rings. The van der Waals surface area contributed by atoms with E-state index in [1.807, 2.05) is 6.08 Å². The zero-order chi connectivity index (χ0) is 9.42. The summed E-state index contributed by atoms with van der Waals surface area (Å²) in [6.07, 6.45) is 5.15. The van der Waals surface area contributed by atoms with E-state index in [1.165, 1.54) is 6.08 Å². The molecule has 70 valence electrons. The molecule has 3 heteroatoms. The molecule has 0 amide bonds. The first-order valence-electron chi connectivity index (χ1n) is 4.44. The molecule has 2 aliphatic carbocycles. The highest BCUT2D eigenvalue weighted by atomic mass is 16.4. The number of allylic oxidation sites excluding steroid dienone is 2. The van der Waals surface area contributed by atoms with Crippen molar-refractivity contribution in [2.24, 2.45) is 11.8 Å². The van der Waals surface area contributed by atoms with Gasteiger partial charge in [0, 0.05) is 12.0 Å². The zero-order valence-electron chi connectivity index (χ0n) is 7.23. The van der Waals surface area contributed by atoms with Gasteiger partial charge in [-0.15, -0.1) is 0 Å². The van der Waals surface area contributed by atoms with Crippen molar-refractivity contribution in [2.75, 3.05) is 6.61 Å². The number of carboxylic acid groups (broad SMARTS) is 1. The topological polar surface area (TPSA) is 57.5 Å². The third kappa shape index (κ3) is 1.40. The van der Waals surface area contributed by atoms with E-state index >= 15 is 0 Å². The number of carboxylic acids is 1. The Morgan fingerprint density at radius 2 is 2.38 bits per heavy atom. The van der Waals surface area contributed by atoms with Gasteiger partial charge in [-0.2, -0.15) is 0 Å². The Bertz CT molecular complexity index is 301. The summed E-state index contributed by atoms with van der Waals surface area (Å²) < 4.78 is 0. The summed E-state index contributed by atoms with van der Waals surface area (Å²) in [7, 11) is 0. The predicted octanol–water partition coefficient (Wildman–Crippen LogP) is 0.956. The van der Waals surface area contributed by atoms with Gasteiger partial charge in [-0.25, -0.2) is 4.79 Å². The van der Waals surface area contributed by atoms with Crippen LogP contribution in [0.15, 0.2) is 23.3 Å². The number of hydrogen-bond donors (Lipinski definition) is 2. The molecule has 0 aromatic heterocycles. The average Bonchev–Trinajstić information content (AvgIpc) is 2.38. The summed E-state index contributed by atoms with van der Waals surface area (Å²) in [6.45, 7) is 0.118. The van der Waals surface area contributed by atoms with Crippen molar-refractivity contribution in [2.45, 2.75) is 12.8 Å². The Morgan fingerprint density at radius 1 is 1.62 bits per heavy atom. The van der Waals surface area contributed by atoms with Gasteiger partial charge in [0.2, 0.25) is 0 Å². The highest BCUT2D eigenvalue weighted by Gasteiger charge is 2.39. The second kappa shape index (κ2) is 3.00. The number of aliphatic carboxylic acids is 1. The molecule has 1 fully saturated rings. The Kier molecular flexibility index (Phi) is 1.96.